The molecule has 0 rings (SSSR count). The quantitative estimate of drug-likeness (QED) is 0.115. The molecule has 1 unspecified atom stereocenters. The van der Waals surface area contributed by atoms with Crippen LogP contribution in [0.3, 0.4) is 0 Å². The van der Waals surface area contributed by atoms with E-state index in [-0.39, 0.29) is 19.4 Å². The minimum Gasteiger partial charge on any atom is -0.352 e. The Hall–Kier alpha value is -0.940. The second kappa shape index (κ2) is 9.68. The molecule has 0 aromatic heterocycles. The highest BCUT2D eigenvalue weighted by Gasteiger charge is 2.84. The van der Waals surface area contributed by atoms with Crippen molar-refractivity contribution in [3.05, 3.63) is 0 Å². The van der Waals surface area contributed by atoms with Crippen LogP contribution in [0.1, 0.15) is 39.5 Å². The van der Waals surface area contributed by atoms with Crippen LogP contribution in [0.5, 0.6) is 0 Å². The summed E-state index contributed by atoms with van der Waals surface area (Å²) in [5.41, 5.74) is -6.74. The highest BCUT2D eigenvalue weighted by molar-refractivity contribution is 7.87. The predicted octanol–water partition coefficient (Wildman–Crippen LogP) is 5.27. The summed E-state index contributed by atoms with van der Waals surface area (Å²) in [5, 5.41) is 0. The lowest BCUT2D eigenvalue weighted by Gasteiger charge is -2.36. The van der Waals surface area contributed by atoms with E-state index in [4.69, 9.17) is 0 Å². The Labute approximate surface area is 163 Å². The summed E-state index contributed by atoms with van der Waals surface area (Å²) in [7, 11) is -7.56. The third-order valence-electron chi connectivity index (χ3n) is 3.23. The first kappa shape index (κ1) is 29.1. The van der Waals surface area contributed by atoms with Crippen LogP contribution in [-0.2, 0) is 23.8 Å². The van der Waals surface area contributed by atoms with Gasteiger partial charge in [-0.1, -0.05) is 26.7 Å². The number of hydrogen-bond donors (Lipinski definition) is 0. The van der Waals surface area contributed by atoms with E-state index >= 15 is 0 Å². The Kier molecular flexibility index (Phi) is 9.38. The fourth-order valence-corrected chi connectivity index (χ4v) is 2.09. The molecule has 17 heteroatoms. The molecule has 0 aromatic carbocycles. The normalized spacial score (nSPS) is 16.0. The topological polar surface area (TPSA) is 61.8 Å². The van der Waals surface area contributed by atoms with E-state index in [9.17, 15) is 56.7 Å². The fourth-order valence-electron chi connectivity index (χ4n) is 1.61. The standard InChI is InChI=1S/C13H17F11O5S/c1-3-5-7-27-8(6-4-2)28-11(18,19)9(14,15)10(16,17)12(20,21)29-30(25,26)13(22,23)24/h8H,3-7H2,1-2H3. The number of ether oxygens (including phenoxy) is 2. The number of rotatable bonds is 13. The van der Waals surface area contributed by atoms with Gasteiger partial charge in [-0.25, -0.2) is 0 Å². The zero-order chi connectivity index (χ0) is 24.2. The molecule has 0 saturated heterocycles. The maximum absolute atomic E-state index is 13.7. The van der Waals surface area contributed by atoms with Gasteiger partial charge in [-0.05, 0) is 12.8 Å². The number of hydrogen-bond acceptors (Lipinski definition) is 5. The van der Waals surface area contributed by atoms with Crippen molar-refractivity contribution in [2.75, 3.05) is 6.61 Å². The maximum atomic E-state index is 13.7. The van der Waals surface area contributed by atoms with Crippen LogP contribution < -0.4 is 0 Å². The van der Waals surface area contributed by atoms with Crippen molar-refractivity contribution in [2.45, 2.75) is 75.4 Å². The summed E-state index contributed by atoms with van der Waals surface area (Å²) in [5.74, 6) is -14.7. The van der Waals surface area contributed by atoms with Crippen molar-refractivity contribution in [1.82, 2.24) is 0 Å². The van der Waals surface area contributed by atoms with Gasteiger partial charge in [0.05, 0.1) is 0 Å². The minimum absolute atomic E-state index is 0.0715. The van der Waals surface area contributed by atoms with Crippen LogP contribution in [-0.4, -0.2) is 50.9 Å². The van der Waals surface area contributed by atoms with Gasteiger partial charge < -0.3 is 4.74 Å². The van der Waals surface area contributed by atoms with Crippen LogP contribution in [0.25, 0.3) is 0 Å². The van der Waals surface area contributed by atoms with Gasteiger partial charge in [-0.15, -0.1) is 0 Å². The lowest BCUT2D eigenvalue weighted by atomic mass is 10.1. The van der Waals surface area contributed by atoms with Crippen molar-refractivity contribution in [3.63, 3.8) is 0 Å². The third kappa shape index (κ3) is 6.29. The van der Waals surface area contributed by atoms with Gasteiger partial charge in [0, 0.05) is 6.61 Å². The molecule has 0 radical (unpaired) electrons. The van der Waals surface area contributed by atoms with Crippen LogP contribution in [0.15, 0.2) is 0 Å². The average molecular weight is 494 g/mol. The first-order valence-electron chi connectivity index (χ1n) is 8.02. The van der Waals surface area contributed by atoms with Crippen molar-refractivity contribution >= 4 is 10.1 Å². The molecular formula is C13H17F11O5S. The molecule has 0 amide bonds. The van der Waals surface area contributed by atoms with Gasteiger partial charge in [-0.2, -0.15) is 60.9 Å². The molecular weight excluding hydrogens is 477 g/mol. The lowest BCUT2D eigenvalue weighted by molar-refractivity contribution is -0.467. The molecule has 0 aliphatic rings. The number of unbranched alkanes of at least 4 members (excludes halogenated alkanes) is 1. The van der Waals surface area contributed by atoms with E-state index in [0.717, 1.165) is 0 Å². The van der Waals surface area contributed by atoms with Crippen molar-refractivity contribution in [3.8, 4) is 0 Å². The smallest absolute Gasteiger partial charge is 0.352 e. The Bertz CT molecular complexity index is 648. The SMILES string of the molecule is CCCCOC(CCC)OC(F)(F)C(F)(F)C(F)(F)C(F)(F)OS(=O)(=O)C(F)(F)F. The van der Waals surface area contributed by atoms with Gasteiger partial charge >= 0.3 is 39.7 Å². The molecule has 0 aliphatic carbocycles. The van der Waals surface area contributed by atoms with Gasteiger partial charge in [0.25, 0.3) is 0 Å². The first-order chi connectivity index (χ1) is 13.2. The molecule has 0 saturated carbocycles. The molecule has 0 N–H and O–H groups in total. The molecule has 0 aliphatic heterocycles. The van der Waals surface area contributed by atoms with Gasteiger partial charge in [-0.3, -0.25) is 4.74 Å². The van der Waals surface area contributed by atoms with Crippen molar-refractivity contribution in [1.29, 1.82) is 0 Å². The summed E-state index contributed by atoms with van der Waals surface area (Å²) in [4.78, 5) is 0. The van der Waals surface area contributed by atoms with Crippen LogP contribution in [0, 0.1) is 0 Å². The maximum Gasteiger partial charge on any atom is 0.523 e. The van der Waals surface area contributed by atoms with Crippen LogP contribution in [0.2, 0.25) is 0 Å². The molecule has 0 spiro atoms. The molecule has 0 heterocycles. The minimum atomic E-state index is -7.56. The van der Waals surface area contributed by atoms with Crippen LogP contribution in [0.4, 0.5) is 48.3 Å². The summed E-state index contributed by atoms with van der Waals surface area (Å²) in [6.45, 7) is 2.57. The highest BCUT2D eigenvalue weighted by Crippen LogP contribution is 2.54. The van der Waals surface area contributed by atoms with E-state index in [2.05, 4.69) is 9.47 Å². The molecule has 182 valence electrons. The van der Waals surface area contributed by atoms with E-state index < -0.39 is 52.4 Å². The molecule has 0 fully saturated rings. The second-order valence-electron chi connectivity index (χ2n) is 5.73. The number of alkyl halides is 11. The molecule has 1 atom stereocenters. The largest absolute Gasteiger partial charge is 0.523 e. The summed E-state index contributed by atoms with van der Waals surface area (Å²) >= 11 is 0. The Balaban J connectivity index is 5.85. The van der Waals surface area contributed by atoms with E-state index in [1.165, 1.54) is 6.92 Å². The second-order valence-corrected chi connectivity index (χ2v) is 7.26. The summed E-state index contributed by atoms with van der Waals surface area (Å²) in [6, 6.07) is 0. The Morgan fingerprint density at radius 3 is 1.63 bits per heavy atom. The fraction of sp³-hybridized carbons (Fsp3) is 1.00. The zero-order valence-corrected chi connectivity index (χ0v) is 16.0. The monoisotopic (exact) mass is 494 g/mol. The van der Waals surface area contributed by atoms with Gasteiger partial charge in [0.1, 0.15) is 0 Å². The summed E-state index contributed by atoms with van der Waals surface area (Å²) < 4.78 is 175. The van der Waals surface area contributed by atoms with E-state index in [1.54, 1.807) is 6.92 Å². The van der Waals surface area contributed by atoms with E-state index in [1.807, 2.05) is 4.18 Å². The van der Waals surface area contributed by atoms with Crippen molar-refractivity contribution in [2.24, 2.45) is 0 Å². The molecule has 30 heavy (non-hydrogen) atoms. The van der Waals surface area contributed by atoms with Crippen molar-refractivity contribution < 1.29 is 70.4 Å². The highest BCUT2D eigenvalue weighted by atomic mass is 32.2. The predicted molar refractivity (Wildman–Crippen MR) is 76.5 cm³/mol. The van der Waals surface area contributed by atoms with Gasteiger partial charge in [0.15, 0.2) is 6.29 Å². The average Bonchev–Trinajstić information content (AvgIpc) is 2.52. The van der Waals surface area contributed by atoms with E-state index in [0.29, 0.717) is 6.42 Å². The summed E-state index contributed by atoms with van der Waals surface area (Å²) in [6.07, 6.45) is -16.0. The van der Waals surface area contributed by atoms with Crippen LogP contribution >= 0.6 is 0 Å². The molecule has 0 aromatic rings. The van der Waals surface area contributed by atoms with Gasteiger partial charge in [0.2, 0.25) is 0 Å². The Morgan fingerprint density at radius 1 is 0.767 bits per heavy atom. The zero-order valence-electron chi connectivity index (χ0n) is 15.2. The number of halogens is 11. The lowest BCUT2D eigenvalue weighted by Crippen LogP contribution is -2.64. The first-order valence-corrected chi connectivity index (χ1v) is 9.43. The Morgan fingerprint density at radius 2 is 1.23 bits per heavy atom. The molecule has 5 nitrogen and oxygen atoms in total. The third-order valence-corrected chi connectivity index (χ3v) is 4.22. The molecule has 0 bridgehead atoms.